The van der Waals surface area contributed by atoms with Gasteiger partial charge in [0.05, 0.1) is 12.3 Å². The van der Waals surface area contributed by atoms with Gasteiger partial charge in [-0.05, 0) is 36.5 Å². The molecule has 142 valence electrons. The van der Waals surface area contributed by atoms with E-state index >= 15 is 0 Å². The molecule has 0 radical (unpaired) electrons. The van der Waals surface area contributed by atoms with Gasteiger partial charge < -0.3 is 15.8 Å². The number of hydrogen-bond acceptors (Lipinski definition) is 5. The Morgan fingerprint density at radius 3 is 2.74 bits per heavy atom. The largest absolute Gasteiger partial charge is 0.378 e. The second-order valence-corrected chi connectivity index (χ2v) is 7.10. The van der Waals surface area contributed by atoms with E-state index in [-0.39, 0.29) is 0 Å². The molecule has 0 atom stereocenters. The number of nitrogens with two attached hydrogens (primary N) is 1. The number of benzene rings is 1. The molecular formula is C21H27N5O. The highest BCUT2D eigenvalue weighted by molar-refractivity contribution is 5.77. The summed E-state index contributed by atoms with van der Waals surface area (Å²) < 4.78 is 7.72. The highest BCUT2D eigenvalue weighted by Crippen LogP contribution is 2.24. The Hall–Kier alpha value is -2.44. The lowest BCUT2D eigenvalue weighted by Crippen LogP contribution is -2.12. The normalized spacial score (nSPS) is 14.9. The van der Waals surface area contributed by atoms with E-state index < -0.39 is 0 Å². The molecule has 1 aliphatic rings. The molecule has 6 heteroatoms. The minimum Gasteiger partial charge on any atom is -0.378 e. The third kappa shape index (κ3) is 4.28. The molecule has 3 N–H and O–H groups in total. The first-order valence-corrected chi connectivity index (χ1v) is 9.83. The fraction of sp³-hybridized carbons (Fsp3) is 0.429. The average Bonchev–Trinajstić information content (AvgIpc) is 3.37. The molecule has 27 heavy (non-hydrogen) atoms. The molecular weight excluding hydrogens is 338 g/mol. The second kappa shape index (κ2) is 8.50. The van der Waals surface area contributed by atoms with Crippen LogP contribution in [-0.2, 0) is 11.3 Å². The average molecular weight is 365 g/mol. The Morgan fingerprint density at radius 1 is 1.15 bits per heavy atom. The Labute approximate surface area is 159 Å². The van der Waals surface area contributed by atoms with Gasteiger partial charge in [-0.1, -0.05) is 37.1 Å². The summed E-state index contributed by atoms with van der Waals surface area (Å²) >= 11 is 0. The molecule has 0 saturated heterocycles. The lowest BCUT2D eigenvalue weighted by molar-refractivity contribution is 0.0583. The molecule has 1 fully saturated rings. The van der Waals surface area contributed by atoms with Crippen molar-refractivity contribution in [2.45, 2.75) is 44.8 Å². The van der Waals surface area contributed by atoms with Crippen molar-refractivity contribution in [2.75, 3.05) is 18.5 Å². The van der Waals surface area contributed by atoms with Crippen molar-refractivity contribution in [1.29, 1.82) is 0 Å². The van der Waals surface area contributed by atoms with E-state index in [1.807, 2.05) is 30.6 Å². The van der Waals surface area contributed by atoms with E-state index in [2.05, 4.69) is 22.5 Å². The minimum atomic E-state index is 0.486. The molecule has 1 aliphatic carbocycles. The van der Waals surface area contributed by atoms with Gasteiger partial charge in [-0.2, -0.15) is 5.10 Å². The SMILES string of the molecule is NCc1ccc(-c2cnn3ccc(NCCCOC4CCCC4)nc23)cc1. The number of aromatic nitrogens is 3. The molecule has 0 aliphatic heterocycles. The van der Waals surface area contributed by atoms with Crippen molar-refractivity contribution in [1.82, 2.24) is 14.6 Å². The van der Waals surface area contributed by atoms with Crippen LogP contribution in [-0.4, -0.2) is 33.9 Å². The van der Waals surface area contributed by atoms with Crippen molar-refractivity contribution in [2.24, 2.45) is 5.73 Å². The van der Waals surface area contributed by atoms with Gasteiger partial charge in [0, 0.05) is 31.5 Å². The smallest absolute Gasteiger partial charge is 0.165 e. The summed E-state index contributed by atoms with van der Waals surface area (Å²) in [4.78, 5) is 4.75. The van der Waals surface area contributed by atoms with Gasteiger partial charge in [0.25, 0.3) is 0 Å². The molecule has 1 saturated carbocycles. The van der Waals surface area contributed by atoms with Gasteiger partial charge in [0.2, 0.25) is 0 Å². The first kappa shape index (κ1) is 17.9. The van der Waals surface area contributed by atoms with Crippen LogP contribution in [0.4, 0.5) is 5.82 Å². The van der Waals surface area contributed by atoms with Crippen LogP contribution in [0.25, 0.3) is 16.8 Å². The van der Waals surface area contributed by atoms with Crippen LogP contribution in [0.3, 0.4) is 0 Å². The van der Waals surface area contributed by atoms with Gasteiger partial charge in [-0.25, -0.2) is 9.50 Å². The Balaban J connectivity index is 1.38. The molecule has 0 unspecified atom stereocenters. The number of rotatable bonds is 8. The Bertz CT molecular complexity index is 868. The predicted molar refractivity (Wildman–Crippen MR) is 108 cm³/mol. The summed E-state index contributed by atoms with van der Waals surface area (Å²) in [7, 11) is 0. The van der Waals surface area contributed by atoms with E-state index in [0.29, 0.717) is 12.6 Å². The number of nitrogens with one attached hydrogen (secondary N) is 1. The summed E-state index contributed by atoms with van der Waals surface area (Å²) in [5.74, 6) is 0.865. The number of hydrogen-bond donors (Lipinski definition) is 2. The maximum Gasteiger partial charge on any atom is 0.165 e. The van der Waals surface area contributed by atoms with Crippen molar-refractivity contribution in [3.8, 4) is 11.1 Å². The quantitative estimate of drug-likeness (QED) is 0.596. The molecule has 2 aromatic heterocycles. The second-order valence-electron chi connectivity index (χ2n) is 7.10. The zero-order valence-corrected chi connectivity index (χ0v) is 15.6. The summed E-state index contributed by atoms with van der Waals surface area (Å²) in [5.41, 5.74) is 9.77. The van der Waals surface area contributed by atoms with Crippen LogP contribution in [0, 0.1) is 0 Å². The molecule has 6 nitrogen and oxygen atoms in total. The van der Waals surface area contributed by atoms with Gasteiger partial charge >= 0.3 is 0 Å². The first-order chi connectivity index (χ1) is 13.3. The monoisotopic (exact) mass is 365 g/mol. The predicted octanol–water partition coefficient (Wildman–Crippen LogP) is 3.62. The third-order valence-corrected chi connectivity index (χ3v) is 5.15. The van der Waals surface area contributed by atoms with E-state index in [0.717, 1.165) is 47.7 Å². The van der Waals surface area contributed by atoms with Gasteiger partial charge in [0.1, 0.15) is 5.82 Å². The van der Waals surface area contributed by atoms with E-state index in [4.69, 9.17) is 15.5 Å². The lowest BCUT2D eigenvalue weighted by atomic mass is 10.1. The Morgan fingerprint density at radius 2 is 1.96 bits per heavy atom. The van der Waals surface area contributed by atoms with Crippen LogP contribution in [0.1, 0.15) is 37.7 Å². The Kier molecular flexibility index (Phi) is 5.65. The molecule has 2 heterocycles. The van der Waals surface area contributed by atoms with Crippen molar-refractivity contribution in [3.05, 3.63) is 48.3 Å². The number of anilines is 1. The lowest BCUT2D eigenvalue weighted by Gasteiger charge is -2.11. The third-order valence-electron chi connectivity index (χ3n) is 5.15. The molecule has 1 aromatic carbocycles. The zero-order chi connectivity index (χ0) is 18.5. The molecule has 0 bridgehead atoms. The highest BCUT2D eigenvalue weighted by atomic mass is 16.5. The first-order valence-electron chi connectivity index (χ1n) is 9.83. The van der Waals surface area contributed by atoms with E-state index in [1.54, 1.807) is 4.52 Å². The van der Waals surface area contributed by atoms with Crippen molar-refractivity contribution < 1.29 is 4.74 Å². The van der Waals surface area contributed by atoms with Gasteiger partial charge in [-0.3, -0.25) is 0 Å². The van der Waals surface area contributed by atoms with Crippen LogP contribution in [0.5, 0.6) is 0 Å². The van der Waals surface area contributed by atoms with E-state index in [9.17, 15) is 0 Å². The number of fused-ring (bicyclic) bond motifs is 1. The van der Waals surface area contributed by atoms with Gasteiger partial charge in [-0.15, -0.1) is 0 Å². The van der Waals surface area contributed by atoms with Crippen LogP contribution in [0.2, 0.25) is 0 Å². The minimum absolute atomic E-state index is 0.486. The molecule has 3 aromatic rings. The maximum absolute atomic E-state index is 5.91. The number of nitrogens with zero attached hydrogens (tertiary/aromatic N) is 3. The van der Waals surface area contributed by atoms with Crippen LogP contribution < -0.4 is 11.1 Å². The van der Waals surface area contributed by atoms with Gasteiger partial charge in [0.15, 0.2) is 5.65 Å². The zero-order valence-electron chi connectivity index (χ0n) is 15.6. The molecule has 0 amide bonds. The summed E-state index contributed by atoms with van der Waals surface area (Å²) in [5, 5.41) is 7.81. The van der Waals surface area contributed by atoms with Crippen LogP contribution >= 0.6 is 0 Å². The highest BCUT2D eigenvalue weighted by Gasteiger charge is 2.14. The summed E-state index contributed by atoms with van der Waals surface area (Å²) in [6.07, 6.45) is 10.3. The fourth-order valence-electron chi connectivity index (χ4n) is 3.59. The van der Waals surface area contributed by atoms with Crippen molar-refractivity contribution in [3.63, 3.8) is 0 Å². The number of ether oxygens (including phenoxy) is 1. The topological polar surface area (TPSA) is 77.5 Å². The maximum atomic E-state index is 5.91. The van der Waals surface area contributed by atoms with E-state index in [1.165, 1.54) is 25.7 Å². The van der Waals surface area contributed by atoms with Crippen molar-refractivity contribution >= 4 is 11.5 Å². The standard InChI is InChI=1S/C21H27N5O/c22-14-16-6-8-17(9-7-16)19-15-24-26-12-10-20(25-21(19)26)23-11-3-13-27-18-4-1-2-5-18/h6-10,12,15,18H,1-5,11,13-14,22H2,(H,23,25). The summed E-state index contributed by atoms with van der Waals surface area (Å²) in [6.45, 7) is 2.21. The molecule has 0 spiro atoms. The summed E-state index contributed by atoms with van der Waals surface area (Å²) in [6, 6.07) is 10.2. The molecule has 4 rings (SSSR count). The van der Waals surface area contributed by atoms with Crippen LogP contribution in [0.15, 0.2) is 42.7 Å². The fourth-order valence-corrected chi connectivity index (χ4v) is 3.59.